The highest BCUT2D eigenvalue weighted by atomic mass is 16.5. The van der Waals surface area contributed by atoms with Gasteiger partial charge in [-0.2, -0.15) is 0 Å². The van der Waals surface area contributed by atoms with Crippen LogP contribution in [-0.2, 0) is 0 Å². The Morgan fingerprint density at radius 1 is 1.24 bits per heavy atom. The number of aliphatic hydroxyl groups excluding tert-OH is 1. The Kier molecular flexibility index (Phi) is 2.50. The van der Waals surface area contributed by atoms with E-state index < -0.39 is 0 Å². The van der Waals surface area contributed by atoms with E-state index in [1.54, 1.807) is 0 Å². The highest BCUT2D eigenvalue weighted by Crippen LogP contribution is 2.38. The van der Waals surface area contributed by atoms with Crippen LogP contribution in [-0.4, -0.2) is 18.3 Å². The van der Waals surface area contributed by atoms with Gasteiger partial charge in [-0.1, -0.05) is 30.3 Å². The third-order valence-corrected chi connectivity index (χ3v) is 3.46. The minimum atomic E-state index is -0.158. The van der Waals surface area contributed by atoms with Gasteiger partial charge in [0.1, 0.15) is 5.75 Å². The summed E-state index contributed by atoms with van der Waals surface area (Å²) in [7, 11) is 0. The first-order valence-electron chi connectivity index (χ1n) is 5.82. The SMILES string of the molecule is N[C@H]1c2c(ccc3ccccc23)OC[C@@H]1CO. The summed E-state index contributed by atoms with van der Waals surface area (Å²) in [6.07, 6.45) is 0. The van der Waals surface area contributed by atoms with Crippen molar-refractivity contribution in [3.8, 4) is 5.75 Å². The third kappa shape index (κ3) is 1.59. The lowest BCUT2D eigenvalue weighted by Crippen LogP contribution is -2.33. The van der Waals surface area contributed by atoms with Gasteiger partial charge in [-0.15, -0.1) is 0 Å². The highest BCUT2D eigenvalue weighted by Gasteiger charge is 2.28. The number of nitrogens with two attached hydrogens (primary N) is 1. The Labute approximate surface area is 99.8 Å². The molecule has 2 aromatic carbocycles. The van der Waals surface area contributed by atoms with E-state index in [0.717, 1.165) is 22.1 Å². The van der Waals surface area contributed by atoms with Crippen molar-refractivity contribution >= 4 is 10.8 Å². The average molecular weight is 229 g/mol. The van der Waals surface area contributed by atoms with Crippen LogP contribution in [0.15, 0.2) is 36.4 Å². The van der Waals surface area contributed by atoms with Crippen LogP contribution < -0.4 is 10.5 Å². The van der Waals surface area contributed by atoms with Crippen molar-refractivity contribution in [1.82, 2.24) is 0 Å². The van der Waals surface area contributed by atoms with Gasteiger partial charge in [0.2, 0.25) is 0 Å². The molecule has 0 fully saturated rings. The summed E-state index contributed by atoms with van der Waals surface area (Å²) >= 11 is 0. The maximum Gasteiger partial charge on any atom is 0.124 e. The molecule has 2 aromatic rings. The fourth-order valence-electron chi connectivity index (χ4n) is 2.45. The predicted molar refractivity (Wildman–Crippen MR) is 66.9 cm³/mol. The molecule has 88 valence electrons. The normalized spacial score (nSPS) is 23.2. The molecular formula is C14H15NO2. The molecule has 0 amide bonds. The molecule has 17 heavy (non-hydrogen) atoms. The molecule has 2 atom stereocenters. The van der Waals surface area contributed by atoms with Crippen LogP contribution in [0.5, 0.6) is 5.75 Å². The molecule has 1 aliphatic heterocycles. The highest BCUT2D eigenvalue weighted by molar-refractivity contribution is 5.88. The molecule has 3 rings (SSSR count). The molecule has 0 aromatic heterocycles. The predicted octanol–water partition coefficient (Wildman–Crippen LogP) is 1.84. The molecule has 0 bridgehead atoms. The van der Waals surface area contributed by atoms with Crippen molar-refractivity contribution in [2.45, 2.75) is 6.04 Å². The topological polar surface area (TPSA) is 55.5 Å². The van der Waals surface area contributed by atoms with Crippen molar-refractivity contribution in [3.05, 3.63) is 42.0 Å². The van der Waals surface area contributed by atoms with Crippen molar-refractivity contribution in [2.24, 2.45) is 11.7 Å². The van der Waals surface area contributed by atoms with Crippen LogP contribution in [0.3, 0.4) is 0 Å². The van der Waals surface area contributed by atoms with Crippen molar-refractivity contribution < 1.29 is 9.84 Å². The first-order valence-corrected chi connectivity index (χ1v) is 5.82. The average Bonchev–Trinajstić information content (AvgIpc) is 2.38. The number of fused-ring (bicyclic) bond motifs is 3. The van der Waals surface area contributed by atoms with Gasteiger partial charge in [0.15, 0.2) is 0 Å². The molecular weight excluding hydrogens is 214 g/mol. The summed E-state index contributed by atoms with van der Waals surface area (Å²) in [5, 5.41) is 11.6. The minimum absolute atomic E-state index is 0.0201. The van der Waals surface area contributed by atoms with Crippen LogP contribution in [0, 0.1) is 5.92 Å². The van der Waals surface area contributed by atoms with Crippen LogP contribution in [0.1, 0.15) is 11.6 Å². The summed E-state index contributed by atoms with van der Waals surface area (Å²) in [6.45, 7) is 0.548. The molecule has 0 spiro atoms. The van der Waals surface area contributed by atoms with Crippen molar-refractivity contribution in [2.75, 3.05) is 13.2 Å². The Hall–Kier alpha value is -1.58. The summed E-state index contributed by atoms with van der Waals surface area (Å²) in [5.41, 5.74) is 7.25. The van der Waals surface area contributed by atoms with Crippen molar-refractivity contribution in [1.29, 1.82) is 0 Å². The fraction of sp³-hybridized carbons (Fsp3) is 0.286. The van der Waals surface area contributed by atoms with Gasteiger partial charge in [-0.3, -0.25) is 0 Å². The summed E-state index contributed by atoms with van der Waals surface area (Å²) in [4.78, 5) is 0. The van der Waals surface area contributed by atoms with Gasteiger partial charge < -0.3 is 15.6 Å². The number of hydrogen-bond donors (Lipinski definition) is 2. The van der Waals surface area contributed by atoms with Gasteiger partial charge in [-0.05, 0) is 16.8 Å². The molecule has 0 saturated carbocycles. The molecule has 0 radical (unpaired) electrons. The molecule has 1 heterocycles. The monoisotopic (exact) mass is 229 g/mol. The van der Waals surface area contributed by atoms with Crippen LogP contribution in [0.4, 0.5) is 0 Å². The molecule has 3 heteroatoms. The van der Waals surface area contributed by atoms with E-state index in [-0.39, 0.29) is 18.6 Å². The summed E-state index contributed by atoms with van der Waals surface area (Å²) in [5.74, 6) is 0.828. The van der Waals surface area contributed by atoms with E-state index in [1.165, 1.54) is 0 Å². The molecule has 3 nitrogen and oxygen atoms in total. The second-order valence-corrected chi connectivity index (χ2v) is 4.48. The van der Waals surface area contributed by atoms with E-state index in [9.17, 15) is 5.11 Å². The van der Waals surface area contributed by atoms with Gasteiger partial charge in [0, 0.05) is 17.5 Å². The van der Waals surface area contributed by atoms with Crippen LogP contribution in [0.25, 0.3) is 10.8 Å². The van der Waals surface area contributed by atoms with Crippen molar-refractivity contribution in [3.63, 3.8) is 0 Å². The molecule has 0 saturated heterocycles. The lowest BCUT2D eigenvalue weighted by molar-refractivity contribution is 0.125. The lowest BCUT2D eigenvalue weighted by atomic mass is 9.88. The number of benzene rings is 2. The largest absolute Gasteiger partial charge is 0.493 e. The number of rotatable bonds is 1. The van der Waals surface area contributed by atoms with Crippen LogP contribution in [0.2, 0.25) is 0 Å². The zero-order valence-electron chi connectivity index (χ0n) is 9.47. The second kappa shape index (κ2) is 4.02. The maximum absolute atomic E-state index is 9.30. The number of ether oxygens (including phenoxy) is 1. The minimum Gasteiger partial charge on any atom is -0.493 e. The zero-order valence-corrected chi connectivity index (χ0v) is 9.47. The lowest BCUT2D eigenvalue weighted by Gasteiger charge is -2.31. The summed E-state index contributed by atoms with van der Waals surface area (Å²) < 4.78 is 5.67. The maximum atomic E-state index is 9.30. The molecule has 3 N–H and O–H groups in total. The first-order chi connectivity index (χ1) is 8.31. The van der Waals surface area contributed by atoms with Gasteiger partial charge in [-0.25, -0.2) is 0 Å². The van der Waals surface area contributed by atoms with Crippen LogP contribution >= 0.6 is 0 Å². The second-order valence-electron chi connectivity index (χ2n) is 4.48. The number of hydrogen-bond acceptors (Lipinski definition) is 3. The first kappa shape index (κ1) is 10.6. The number of aliphatic hydroxyl groups is 1. The fourth-order valence-corrected chi connectivity index (χ4v) is 2.45. The Morgan fingerprint density at radius 2 is 2.06 bits per heavy atom. The van der Waals surface area contributed by atoms with E-state index in [2.05, 4.69) is 12.1 Å². The Balaban J connectivity index is 2.24. The molecule has 0 aliphatic carbocycles. The van der Waals surface area contributed by atoms with Gasteiger partial charge in [0.05, 0.1) is 13.2 Å². The Morgan fingerprint density at radius 3 is 2.88 bits per heavy atom. The van der Waals surface area contributed by atoms with E-state index >= 15 is 0 Å². The van der Waals surface area contributed by atoms with E-state index in [0.29, 0.717) is 6.61 Å². The third-order valence-electron chi connectivity index (χ3n) is 3.46. The molecule has 1 aliphatic rings. The molecule has 0 unspecified atom stereocenters. The van der Waals surface area contributed by atoms with Gasteiger partial charge >= 0.3 is 0 Å². The van der Waals surface area contributed by atoms with E-state index in [1.807, 2.05) is 24.3 Å². The summed E-state index contributed by atoms with van der Waals surface area (Å²) in [6, 6.07) is 12.0. The smallest absolute Gasteiger partial charge is 0.124 e. The quantitative estimate of drug-likeness (QED) is 0.784. The standard InChI is InChI=1S/C14H15NO2/c15-14-10(7-16)8-17-12-6-5-9-3-1-2-4-11(9)13(12)14/h1-6,10,14,16H,7-8,15H2/t10-,14+/m0/s1. The zero-order chi connectivity index (χ0) is 11.8. The Bertz CT molecular complexity index is 553. The van der Waals surface area contributed by atoms with E-state index in [4.69, 9.17) is 10.5 Å². The van der Waals surface area contributed by atoms with Gasteiger partial charge in [0.25, 0.3) is 0 Å².